The minimum Gasteiger partial charge on any atom is -0.340 e. The van der Waals surface area contributed by atoms with Gasteiger partial charge in [-0.25, -0.2) is 0 Å². The van der Waals surface area contributed by atoms with Gasteiger partial charge in [-0.2, -0.15) is 0 Å². The lowest BCUT2D eigenvalue weighted by atomic mass is 10.0. The number of ketones is 1. The van der Waals surface area contributed by atoms with Crippen LogP contribution in [0.5, 0.6) is 0 Å². The van der Waals surface area contributed by atoms with Gasteiger partial charge >= 0.3 is 0 Å². The van der Waals surface area contributed by atoms with Crippen LogP contribution in [0, 0.1) is 12.3 Å². The third kappa shape index (κ3) is 4.11. The average Bonchev–Trinajstić information content (AvgIpc) is 3.47. The molecular formula is C25H20Cl2N4OS2. The number of rotatable bonds is 5. The Hall–Kier alpha value is -2.45. The van der Waals surface area contributed by atoms with E-state index < -0.39 is 5.92 Å². The van der Waals surface area contributed by atoms with Gasteiger partial charge in [-0.15, -0.1) is 21.5 Å². The number of para-hydroxylation sites is 1. The van der Waals surface area contributed by atoms with E-state index in [2.05, 4.69) is 26.9 Å². The zero-order valence-corrected chi connectivity index (χ0v) is 21.6. The van der Waals surface area contributed by atoms with Crippen LogP contribution >= 0.6 is 46.3 Å². The average molecular weight is 528 g/mol. The first-order chi connectivity index (χ1) is 16.4. The molecule has 4 aromatic rings. The Kier molecular flexibility index (Phi) is 6.37. The molecule has 3 heterocycles. The number of allylic oxidation sites excluding steroid dienone is 1. The molecule has 2 aromatic carbocycles. The van der Waals surface area contributed by atoms with E-state index in [1.165, 1.54) is 23.1 Å². The van der Waals surface area contributed by atoms with Gasteiger partial charge < -0.3 is 4.57 Å². The van der Waals surface area contributed by atoms with E-state index in [1.54, 1.807) is 6.07 Å². The Morgan fingerprint density at radius 2 is 1.97 bits per heavy atom. The summed E-state index contributed by atoms with van der Waals surface area (Å²) in [6.07, 6.45) is 2.68. The van der Waals surface area contributed by atoms with Crippen molar-refractivity contribution in [3.8, 4) is 0 Å². The monoisotopic (exact) mass is 526 g/mol. The lowest BCUT2D eigenvalue weighted by molar-refractivity contribution is -0.114. The second-order valence-corrected chi connectivity index (χ2v) is 11.0. The van der Waals surface area contributed by atoms with Gasteiger partial charge in [0.1, 0.15) is 15.9 Å². The van der Waals surface area contributed by atoms with Crippen molar-refractivity contribution in [2.75, 3.05) is 0 Å². The fourth-order valence-corrected chi connectivity index (χ4v) is 6.54. The number of carbonyl (C=O) groups is 1. The molecule has 5 nitrogen and oxygen atoms in total. The Balaban J connectivity index is 1.56. The molecule has 1 fully saturated rings. The number of hydrogen-bond acceptors (Lipinski definition) is 6. The quantitative estimate of drug-likeness (QED) is 0.280. The summed E-state index contributed by atoms with van der Waals surface area (Å²) in [5.74, 6) is -0.749. The molecule has 1 atom stereocenters. The van der Waals surface area contributed by atoms with Crippen molar-refractivity contribution < 1.29 is 4.79 Å². The van der Waals surface area contributed by atoms with Crippen molar-refractivity contribution in [2.45, 2.75) is 32.7 Å². The fraction of sp³-hybridized carbons (Fsp3) is 0.200. The number of Topliss-reactive ketones (excluding diaryl/α,β-unsaturated/α-hetero) is 1. The zero-order valence-electron chi connectivity index (χ0n) is 18.4. The van der Waals surface area contributed by atoms with Gasteiger partial charge in [0.25, 0.3) is 0 Å². The first kappa shape index (κ1) is 23.3. The van der Waals surface area contributed by atoms with E-state index in [0.717, 1.165) is 39.2 Å². The minimum absolute atomic E-state index is 0.0919. The maximum Gasteiger partial charge on any atom is 0.186 e. The highest BCUT2D eigenvalue weighted by Crippen LogP contribution is 2.42. The number of thioether (sulfide) groups is 1. The molecule has 1 aliphatic rings. The Morgan fingerprint density at radius 1 is 1.18 bits per heavy atom. The summed E-state index contributed by atoms with van der Waals surface area (Å²) >= 11 is 15.2. The normalized spacial score (nSPS) is 17.4. The fourth-order valence-electron chi connectivity index (χ4n) is 4.14. The van der Waals surface area contributed by atoms with Crippen LogP contribution in [-0.2, 0) is 17.8 Å². The van der Waals surface area contributed by atoms with Crippen molar-refractivity contribution in [1.82, 2.24) is 14.8 Å². The molecule has 172 valence electrons. The van der Waals surface area contributed by atoms with Crippen molar-refractivity contribution >= 4 is 74.1 Å². The second kappa shape index (κ2) is 9.30. The lowest BCUT2D eigenvalue weighted by Gasteiger charge is -2.10. The summed E-state index contributed by atoms with van der Waals surface area (Å²) in [6.45, 7) is 4.62. The van der Waals surface area contributed by atoms with E-state index in [9.17, 15) is 4.79 Å². The molecule has 1 N–H and O–H groups in total. The number of carbonyl (C=O) groups excluding carboxylic acids is 1. The van der Waals surface area contributed by atoms with Crippen molar-refractivity contribution in [3.05, 3.63) is 84.3 Å². The molecule has 0 amide bonds. The molecule has 0 spiro atoms. The van der Waals surface area contributed by atoms with Crippen LogP contribution in [-0.4, -0.2) is 25.6 Å². The van der Waals surface area contributed by atoms with Gasteiger partial charge in [0.05, 0.1) is 9.95 Å². The number of aryl methyl sites for hydroxylation is 1. The maximum absolute atomic E-state index is 13.3. The molecule has 34 heavy (non-hydrogen) atoms. The third-order valence-electron chi connectivity index (χ3n) is 5.92. The van der Waals surface area contributed by atoms with Crippen molar-refractivity contribution in [2.24, 2.45) is 0 Å². The third-order valence-corrected chi connectivity index (χ3v) is 8.63. The highest BCUT2D eigenvalue weighted by Gasteiger charge is 2.39. The first-order valence-corrected chi connectivity index (χ1v) is 13.1. The SMILES string of the molecule is CCc1nnc([C@@H]2C(=N)S/C(=C\c3c(C)n(Cc4ccc(Cl)cc4Cl)c4ccccc34)C2=O)s1. The molecule has 0 bridgehead atoms. The van der Waals surface area contributed by atoms with Crippen LogP contribution in [0.2, 0.25) is 10.0 Å². The molecule has 0 unspecified atom stereocenters. The predicted octanol–water partition coefficient (Wildman–Crippen LogP) is 7.14. The summed E-state index contributed by atoms with van der Waals surface area (Å²) < 4.78 is 2.20. The largest absolute Gasteiger partial charge is 0.340 e. The number of halogens is 2. The Bertz CT molecular complexity index is 1490. The molecule has 1 saturated heterocycles. The van der Waals surface area contributed by atoms with Crippen molar-refractivity contribution in [3.63, 3.8) is 0 Å². The van der Waals surface area contributed by atoms with Crippen LogP contribution in [0.1, 0.15) is 39.7 Å². The molecule has 5 rings (SSSR count). The maximum atomic E-state index is 13.3. The summed E-state index contributed by atoms with van der Waals surface area (Å²) in [5, 5.41) is 20.8. The van der Waals surface area contributed by atoms with E-state index in [4.69, 9.17) is 28.6 Å². The Labute approximate surface area is 215 Å². The highest BCUT2D eigenvalue weighted by molar-refractivity contribution is 8.19. The van der Waals surface area contributed by atoms with Gasteiger partial charge in [-0.05, 0) is 43.2 Å². The molecule has 0 aliphatic carbocycles. The van der Waals surface area contributed by atoms with Gasteiger partial charge in [0.2, 0.25) is 0 Å². The number of hydrogen-bond donors (Lipinski definition) is 1. The number of fused-ring (bicyclic) bond motifs is 1. The van der Waals surface area contributed by atoms with Crippen LogP contribution in [0.4, 0.5) is 0 Å². The smallest absolute Gasteiger partial charge is 0.186 e. The number of nitrogens with zero attached hydrogens (tertiary/aromatic N) is 3. The van der Waals surface area contributed by atoms with Crippen molar-refractivity contribution in [1.29, 1.82) is 5.41 Å². The summed E-state index contributed by atoms with van der Waals surface area (Å²) in [6, 6.07) is 13.6. The highest BCUT2D eigenvalue weighted by atomic mass is 35.5. The standard InChI is InChI=1S/C25H20Cl2N4OS2/c1-3-21-29-30-25(34-21)22-23(32)20(33-24(22)28)11-17-13(2)31(19-7-5-4-6-16(17)19)12-14-8-9-15(26)10-18(14)27/h4-11,22,28H,3,12H2,1-2H3/b20-11-,28-24?/t22-/m0/s1. The predicted molar refractivity (Wildman–Crippen MR) is 143 cm³/mol. The lowest BCUT2D eigenvalue weighted by Crippen LogP contribution is -2.11. The van der Waals surface area contributed by atoms with Crippen LogP contribution < -0.4 is 0 Å². The van der Waals surface area contributed by atoms with Gasteiger partial charge in [0.15, 0.2) is 5.78 Å². The summed E-state index contributed by atoms with van der Waals surface area (Å²) in [5.41, 5.74) is 4.01. The van der Waals surface area contributed by atoms with E-state index in [1.807, 2.05) is 44.2 Å². The number of benzene rings is 2. The molecule has 0 radical (unpaired) electrons. The van der Waals surface area contributed by atoms with Crippen LogP contribution in [0.15, 0.2) is 47.4 Å². The topological polar surface area (TPSA) is 71.6 Å². The van der Waals surface area contributed by atoms with E-state index >= 15 is 0 Å². The summed E-state index contributed by atoms with van der Waals surface area (Å²) in [7, 11) is 0. The van der Waals surface area contributed by atoms with Crippen LogP contribution in [0.25, 0.3) is 17.0 Å². The second-order valence-electron chi connectivity index (χ2n) is 8.00. The van der Waals surface area contributed by atoms with Gasteiger partial charge in [-0.1, -0.05) is 66.2 Å². The van der Waals surface area contributed by atoms with E-state index in [0.29, 0.717) is 31.5 Å². The van der Waals surface area contributed by atoms with Gasteiger partial charge in [-0.3, -0.25) is 10.2 Å². The molecule has 0 saturated carbocycles. The molecule has 1 aliphatic heterocycles. The zero-order chi connectivity index (χ0) is 24.0. The first-order valence-electron chi connectivity index (χ1n) is 10.7. The Morgan fingerprint density at radius 3 is 2.71 bits per heavy atom. The number of nitrogens with one attached hydrogen (secondary N) is 1. The summed E-state index contributed by atoms with van der Waals surface area (Å²) in [4.78, 5) is 13.9. The molecule has 2 aromatic heterocycles. The van der Waals surface area contributed by atoms with Gasteiger partial charge in [0, 0.05) is 38.8 Å². The van der Waals surface area contributed by atoms with E-state index in [-0.39, 0.29) is 5.78 Å². The van der Waals surface area contributed by atoms with Crippen LogP contribution in [0.3, 0.4) is 0 Å². The molecular weight excluding hydrogens is 507 g/mol. The molecule has 9 heteroatoms. The number of aromatic nitrogens is 3. The minimum atomic E-state index is -0.657.